The smallest absolute Gasteiger partial charge is 0.307 e. The summed E-state index contributed by atoms with van der Waals surface area (Å²) in [7, 11) is 0. The zero-order valence-corrected chi connectivity index (χ0v) is 15.4. The van der Waals surface area contributed by atoms with Crippen LogP contribution in [0.15, 0.2) is 66.7 Å². The molecule has 0 aliphatic heterocycles. The molecule has 3 N–H and O–H groups in total. The van der Waals surface area contributed by atoms with Gasteiger partial charge in [-0.05, 0) is 28.8 Å². The van der Waals surface area contributed by atoms with Gasteiger partial charge in [-0.3, -0.25) is 4.79 Å². The Morgan fingerprint density at radius 1 is 1.00 bits per heavy atom. The highest BCUT2D eigenvalue weighted by molar-refractivity contribution is 6.34. The lowest BCUT2D eigenvalue weighted by molar-refractivity contribution is -0.136. The Hall–Kier alpha value is -2.82. The molecule has 0 heterocycles. The van der Waals surface area contributed by atoms with Crippen molar-refractivity contribution >= 4 is 17.6 Å². The lowest BCUT2D eigenvalue weighted by atomic mass is 10.0. The van der Waals surface area contributed by atoms with Gasteiger partial charge in [-0.2, -0.15) is 0 Å². The number of aliphatic carboxylic acids is 1. The fourth-order valence-corrected chi connectivity index (χ4v) is 3.22. The molecule has 0 radical (unpaired) electrons. The Bertz CT molecular complexity index is 956. The fourth-order valence-electron chi connectivity index (χ4n) is 2.90. The van der Waals surface area contributed by atoms with Crippen molar-refractivity contribution in [3.8, 4) is 16.9 Å². The molecule has 0 saturated carbocycles. The second kappa shape index (κ2) is 8.71. The number of benzene rings is 3. The zero-order valence-electron chi connectivity index (χ0n) is 14.7. The van der Waals surface area contributed by atoms with Crippen molar-refractivity contribution in [2.75, 3.05) is 0 Å². The highest BCUT2D eigenvalue weighted by Crippen LogP contribution is 2.31. The van der Waals surface area contributed by atoms with Gasteiger partial charge in [0, 0.05) is 17.7 Å². The van der Waals surface area contributed by atoms with Crippen LogP contribution in [0.1, 0.15) is 16.7 Å². The van der Waals surface area contributed by atoms with Crippen molar-refractivity contribution < 1.29 is 14.6 Å². The van der Waals surface area contributed by atoms with Crippen LogP contribution in [0.2, 0.25) is 5.02 Å². The summed E-state index contributed by atoms with van der Waals surface area (Å²) in [5.74, 6) is -0.309. The first kappa shape index (κ1) is 19.0. The van der Waals surface area contributed by atoms with E-state index in [-0.39, 0.29) is 6.42 Å². The van der Waals surface area contributed by atoms with Crippen LogP contribution in [0.25, 0.3) is 11.1 Å². The molecule has 138 valence electrons. The number of carboxylic acid groups (broad SMARTS) is 1. The second-order valence-electron chi connectivity index (χ2n) is 6.15. The van der Waals surface area contributed by atoms with Crippen LogP contribution in [0.3, 0.4) is 0 Å². The minimum atomic E-state index is -0.887. The molecule has 0 amide bonds. The Morgan fingerprint density at radius 2 is 1.74 bits per heavy atom. The summed E-state index contributed by atoms with van der Waals surface area (Å²) in [5.41, 5.74) is 10.2. The van der Waals surface area contributed by atoms with E-state index in [4.69, 9.17) is 27.2 Å². The number of nitrogens with two attached hydrogens (primary N) is 1. The molecule has 0 aromatic heterocycles. The Morgan fingerprint density at radius 3 is 2.52 bits per heavy atom. The van der Waals surface area contributed by atoms with Crippen LogP contribution in [0, 0.1) is 0 Å². The number of para-hydroxylation sites is 1. The molecule has 0 unspecified atom stereocenters. The Balaban J connectivity index is 1.81. The lowest BCUT2D eigenvalue weighted by Crippen LogP contribution is -2.04. The number of carboxylic acids is 1. The summed E-state index contributed by atoms with van der Waals surface area (Å²) in [6.07, 6.45) is -0.0717. The third-order valence-corrected chi connectivity index (χ3v) is 4.69. The van der Waals surface area contributed by atoms with Crippen molar-refractivity contribution in [3.05, 3.63) is 88.4 Å². The summed E-state index contributed by atoms with van der Waals surface area (Å²) < 4.78 is 5.87. The van der Waals surface area contributed by atoms with E-state index in [1.807, 2.05) is 48.5 Å². The van der Waals surface area contributed by atoms with Crippen molar-refractivity contribution in [2.45, 2.75) is 19.6 Å². The van der Waals surface area contributed by atoms with Gasteiger partial charge in [-0.25, -0.2) is 0 Å². The number of rotatable bonds is 7. The van der Waals surface area contributed by atoms with Gasteiger partial charge in [0.25, 0.3) is 0 Å². The molecule has 0 saturated heterocycles. The lowest BCUT2D eigenvalue weighted by Gasteiger charge is -2.12. The van der Waals surface area contributed by atoms with Gasteiger partial charge in [-0.15, -0.1) is 0 Å². The van der Waals surface area contributed by atoms with Crippen LogP contribution in [0.4, 0.5) is 0 Å². The van der Waals surface area contributed by atoms with Crippen LogP contribution in [0.5, 0.6) is 5.75 Å². The van der Waals surface area contributed by atoms with Crippen LogP contribution in [-0.2, 0) is 24.4 Å². The van der Waals surface area contributed by atoms with Gasteiger partial charge >= 0.3 is 5.97 Å². The molecule has 27 heavy (non-hydrogen) atoms. The minimum absolute atomic E-state index is 0.0717. The van der Waals surface area contributed by atoms with E-state index < -0.39 is 5.97 Å². The maximum absolute atomic E-state index is 11.0. The second-order valence-corrected chi connectivity index (χ2v) is 6.53. The Labute approximate surface area is 163 Å². The first-order chi connectivity index (χ1) is 13.1. The van der Waals surface area contributed by atoms with Crippen molar-refractivity contribution in [1.29, 1.82) is 0 Å². The maximum atomic E-state index is 11.0. The van der Waals surface area contributed by atoms with Crippen molar-refractivity contribution in [3.63, 3.8) is 0 Å². The van der Waals surface area contributed by atoms with E-state index >= 15 is 0 Å². The van der Waals surface area contributed by atoms with Crippen LogP contribution >= 0.6 is 11.6 Å². The topological polar surface area (TPSA) is 72.5 Å². The molecule has 3 aromatic carbocycles. The third-order valence-electron chi connectivity index (χ3n) is 4.25. The molecule has 3 rings (SSSR count). The average molecular weight is 382 g/mol. The van der Waals surface area contributed by atoms with Gasteiger partial charge in [0.15, 0.2) is 0 Å². The molecule has 0 fully saturated rings. The summed E-state index contributed by atoms with van der Waals surface area (Å²) in [6.45, 7) is 0.717. The van der Waals surface area contributed by atoms with E-state index in [0.29, 0.717) is 29.5 Å². The van der Waals surface area contributed by atoms with E-state index in [9.17, 15) is 4.79 Å². The van der Waals surface area contributed by atoms with Gasteiger partial charge in [0.05, 0.1) is 11.4 Å². The van der Waals surface area contributed by atoms with E-state index in [0.717, 1.165) is 22.3 Å². The first-order valence-electron chi connectivity index (χ1n) is 8.57. The molecule has 0 aliphatic carbocycles. The monoisotopic (exact) mass is 381 g/mol. The first-order valence-corrected chi connectivity index (χ1v) is 8.95. The Kier molecular flexibility index (Phi) is 6.12. The fraction of sp³-hybridized carbons (Fsp3) is 0.136. The molecule has 0 atom stereocenters. The summed E-state index contributed by atoms with van der Waals surface area (Å²) in [4.78, 5) is 11.0. The molecule has 5 heteroatoms. The van der Waals surface area contributed by atoms with E-state index in [1.165, 1.54) is 0 Å². The molecular weight excluding hydrogens is 362 g/mol. The summed E-state index contributed by atoms with van der Waals surface area (Å²) in [5, 5.41) is 9.69. The van der Waals surface area contributed by atoms with Gasteiger partial charge < -0.3 is 15.6 Å². The number of hydrogen-bond acceptors (Lipinski definition) is 3. The number of carbonyl (C=O) groups is 1. The normalized spacial score (nSPS) is 10.6. The van der Waals surface area contributed by atoms with Gasteiger partial charge in [0.2, 0.25) is 0 Å². The maximum Gasteiger partial charge on any atom is 0.307 e. The third kappa shape index (κ3) is 4.67. The SMILES string of the molecule is NCc1cccc(-c2cccc(COc3ccccc3CC(=O)O)c2)c1Cl. The van der Waals surface area contributed by atoms with Crippen molar-refractivity contribution in [1.82, 2.24) is 0 Å². The molecule has 0 spiro atoms. The number of halogens is 1. The number of hydrogen-bond donors (Lipinski definition) is 2. The van der Waals surface area contributed by atoms with Gasteiger partial charge in [-0.1, -0.05) is 66.2 Å². The quantitative estimate of drug-likeness (QED) is 0.623. The van der Waals surface area contributed by atoms with E-state index in [1.54, 1.807) is 18.2 Å². The summed E-state index contributed by atoms with van der Waals surface area (Å²) in [6, 6.07) is 20.9. The molecule has 3 aromatic rings. The molecule has 0 bridgehead atoms. The molecular formula is C22H20ClNO3. The van der Waals surface area contributed by atoms with E-state index in [2.05, 4.69) is 0 Å². The van der Waals surface area contributed by atoms with Gasteiger partial charge in [0.1, 0.15) is 12.4 Å². The van der Waals surface area contributed by atoms with Crippen LogP contribution < -0.4 is 10.5 Å². The molecule has 0 aliphatic rings. The molecule has 4 nitrogen and oxygen atoms in total. The zero-order chi connectivity index (χ0) is 19.2. The average Bonchev–Trinajstić information content (AvgIpc) is 2.67. The predicted molar refractivity (Wildman–Crippen MR) is 107 cm³/mol. The largest absolute Gasteiger partial charge is 0.489 e. The summed E-state index contributed by atoms with van der Waals surface area (Å²) >= 11 is 6.47. The minimum Gasteiger partial charge on any atom is -0.489 e. The predicted octanol–water partition coefficient (Wildman–Crippen LogP) is 4.67. The van der Waals surface area contributed by atoms with Crippen LogP contribution in [-0.4, -0.2) is 11.1 Å². The standard InChI is InChI=1S/C22H20ClNO3/c23-22-18(13-24)8-4-9-19(22)16-7-3-5-15(11-16)14-27-20-10-2-1-6-17(20)12-21(25)26/h1-11H,12-14,24H2,(H,25,26). The van der Waals surface area contributed by atoms with Crippen molar-refractivity contribution in [2.24, 2.45) is 5.73 Å². The number of ether oxygens (including phenoxy) is 1. The highest BCUT2D eigenvalue weighted by Gasteiger charge is 2.10. The highest BCUT2D eigenvalue weighted by atomic mass is 35.5.